The molecule has 1 N–H and O–H groups in total. The Morgan fingerprint density at radius 3 is 2.75 bits per heavy atom. The van der Waals surface area contributed by atoms with Crippen molar-refractivity contribution in [1.82, 2.24) is 15.1 Å². The highest BCUT2D eigenvalue weighted by Gasteiger charge is 2.06. The number of hydrogen-bond acceptors (Lipinski definition) is 4. The second-order valence-electron chi connectivity index (χ2n) is 5.62. The number of amides is 1. The topological polar surface area (TPSA) is 73.2 Å². The fraction of sp³-hybridized carbons (Fsp3) is 0.278. The van der Waals surface area contributed by atoms with E-state index in [4.69, 9.17) is 4.74 Å². The maximum absolute atomic E-state index is 11.6. The predicted molar refractivity (Wildman–Crippen MR) is 91.0 cm³/mol. The molecule has 24 heavy (non-hydrogen) atoms. The number of ether oxygens (including phenoxy) is 1. The lowest BCUT2D eigenvalue weighted by Crippen LogP contribution is -2.33. The molecule has 2 aromatic rings. The van der Waals surface area contributed by atoms with Gasteiger partial charge in [-0.2, -0.15) is 5.10 Å². The number of benzene rings is 1. The summed E-state index contributed by atoms with van der Waals surface area (Å²) in [5.41, 5.74) is 1.93. The molecule has 2 rings (SSSR count). The average Bonchev–Trinajstić information content (AvgIpc) is 2.99. The number of carbonyl (C=O) groups excluding carboxylic acids is 2. The molecule has 1 heterocycles. The van der Waals surface area contributed by atoms with E-state index in [0.29, 0.717) is 6.54 Å². The summed E-state index contributed by atoms with van der Waals surface area (Å²) < 4.78 is 6.65. The summed E-state index contributed by atoms with van der Waals surface area (Å²) in [5, 5.41) is 6.89. The van der Waals surface area contributed by atoms with Gasteiger partial charge in [-0.3, -0.25) is 9.48 Å². The molecule has 0 saturated heterocycles. The first-order valence-electron chi connectivity index (χ1n) is 7.73. The van der Waals surface area contributed by atoms with E-state index in [9.17, 15) is 9.59 Å². The average molecular weight is 327 g/mol. The summed E-state index contributed by atoms with van der Waals surface area (Å²) in [6.45, 7) is 4.06. The van der Waals surface area contributed by atoms with E-state index in [0.717, 1.165) is 11.1 Å². The Balaban J connectivity index is 1.82. The van der Waals surface area contributed by atoms with Crippen molar-refractivity contribution in [3.8, 4) is 0 Å². The molecule has 0 radical (unpaired) electrons. The van der Waals surface area contributed by atoms with E-state index in [1.807, 2.05) is 50.4 Å². The number of nitrogens with zero attached hydrogens (tertiary/aromatic N) is 2. The van der Waals surface area contributed by atoms with Crippen molar-refractivity contribution in [1.29, 1.82) is 0 Å². The van der Waals surface area contributed by atoms with Crippen LogP contribution in [0.2, 0.25) is 0 Å². The van der Waals surface area contributed by atoms with E-state index in [1.165, 1.54) is 6.08 Å². The van der Waals surface area contributed by atoms with Gasteiger partial charge in [0.1, 0.15) is 0 Å². The maximum Gasteiger partial charge on any atom is 0.331 e. The zero-order valence-electron chi connectivity index (χ0n) is 13.8. The SMILES string of the molecule is CC(C)NC(=O)COC(=O)/C=C/c1cnn(Cc2ccccc2)c1. The Kier molecular flexibility index (Phi) is 6.31. The van der Waals surface area contributed by atoms with Gasteiger partial charge in [-0.15, -0.1) is 0 Å². The van der Waals surface area contributed by atoms with Gasteiger partial charge < -0.3 is 10.1 Å². The highest BCUT2D eigenvalue weighted by molar-refractivity contribution is 5.89. The Morgan fingerprint density at radius 2 is 2.04 bits per heavy atom. The number of hydrogen-bond donors (Lipinski definition) is 1. The van der Waals surface area contributed by atoms with Crippen LogP contribution < -0.4 is 5.32 Å². The zero-order valence-corrected chi connectivity index (χ0v) is 13.8. The van der Waals surface area contributed by atoms with Gasteiger partial charge in [0.25, 0.3) is 5.91 Å². The molecule has 0 aliphatic rings. The van der Waals surface area contributed by atoms with Crippen LogP contribution in [0.4, 0.5) is 0 Å². The molecule has 0 saturated carbocycles. The molecule has 1 amide bonds. The number of esters is 1. The fourth-order valence-corrected chi connectivity index (χ4v) is 2.04. The van der Waals surface area contributed by atoms with Crippen molar-refractivity contribution in [2.45, 2.75) is 26.4 Å². The van der Waals surface area contributed by atoms with Gasteiger partial charge in [0.05, 0.1) is 12.7 Å². The molecule has 6 heteroatoms. The second-order valence-corrected chi connectivity index (χ2v) is 5.62. The molecule has 1 aromatic carbocycles. The third kappa shape index (κ3) is 6.08. The molecule has 0 aliphatic carbocycles. The van der Waals surface area contributed by atoms with E-state index in [-0.39, 0.29) is 18.6 Å². The van der Waals surface area contributed by atoms with E-state index < -0.39 is 5.97 Å². The van der Waals surface area contributed by atoms with Crippen molar-refractivity contribution >= 4 is 18.0 Å². The third-order valence-electron chi connectivity index (χ3n) is 3.05. The van der Waals surface area contributed by atoms with Crippen molar-refractivity contribution in [3.05, 3.63) is 59.9 Å². The van der Waals surface area contributed by atoms with Crippen molar-refractivity contribution in [3.63, 3.8) is 0 Å². The van der Waals surface area contributed by atoms with Crippen LogP contribution in [-0.4, -0.2) is 34.3 Å². The van der Waals surface area contributed by atoms with Gasteiger partial charge in [0.15, 0.2) is 6.61 Å². The number of nitrogens with one attached hydrogen (secondary N) is 1. The quantitative estimate of drug-likeness (QED) is 0.624. The van der Waals surface area contributed by atoms with Gasteiger partial charge in [0.2, 0.25) is 0 Å². The van der Waals surface area contributed by atoms with Gasteiger partial charge >= 0.3 is 5.97 Å². The number of carbonyl (C=O) groups is 2. The molecule has 0 atom stereocenters. The summed E-state index contributed by atoms with van der Waals surface area (Å²) in [7, 11) is 0. The third-order valence-corrected chi connectivity index (χ3v) is 3.05. The summed E-state index contributed by atoms with van der Waals surface area (Å²) in [6, 6.07) is 9.99. The van der Waals surface area contributed by atoms with Gasteiger partial charge in [-0.1, -0.05) is 30.3 Å². The monoisotopic (exact) mass is 327 g/mol. The van der Waals surface area contributed by atoms with Gasteiger partial charge in [0, 0.05) is 23.9 Å². The summed E-state index contributed by atoms with van der Waals surface area (Å²) in [6.07, 6.45) is 6.39. The minimum Gasteiger partial charge on any atom is -0.452 e. The number of rotatable bonds is 7. The van der Waals surface area contributed by atoms with Crippen LogP contribution in [0.1, 0.15) is 25.0 Å². The lowest BCUT2D eigenvalue weighted by molar-refractivity contribution is -0.143. The standard InChI is InChI=1S/C18H21N3O3/c1-14(2)20-17(22)13-24-18(23)9-8-16-10-19-21(12-16)11-15-6-4-3-5-7-15/h3-10,12,14H,11,13H2,1-2H3,(H,20,22)/b9-8+. The molecule has 0 fully saturated rings. The predicted octanol–water partition coefficient (Wildman–Crippen LogP) is 2.01. The van der Waals surface area contributed by atoms with Crippen molar-refractivity contribution in [2.24, 2.45) is 0 Å². The van der Waals surface area contributed by atoms with E-state index in [1.54, 1.807) is 17.0 Å². The first kappa shape index (κ1) is 17.5. The first-order valence-corrected chi connectivity index (χ1v) is 7.73. The molecule has 0 unspecified atom stereocenters. The first-order chi connectivity index (χ1) is 11.5. The molecular weight excluding hydrogens is 306 g/mol. The Bertz CT molecular complexity index is 705. The summed E-state index contributed by atoms with van der Waals surface area (Å²) in [5.74, 6) is -0.882. The smallest absolute Gasteiger partial charge is 0.331 e. The lowest BCUT2D eigenvalue weighted by atomic mass is 10.2. The van der Waals surface area contributed by atoms with Crippen LogP contribution >= 0.6 is 0 Å². The van der Waals surface area contributed by atoms with Crippen LogP contribution in [0.15, 0.2) is 48.8 Å². The van der Waals surface area contributed by atoms with Crippen LogP contribution in [-0.2, 0) is 20.9 Å². The highest BCUT2D eigenvalue weighted by atomic mass is 16.5. The Labute approximate surface area is 141 Å². The molecule has 1 aromatic heterocycles. The Hall–Kier alpha value is -2.89. The molecule has 0 spiro atoms. The largest absolute Gasteiger partial charge is 0.452 e. The minimum absolute atomic E-state index is 0.0159. The van der Waals surface area contributed by atoms with Crippen LogP contribution in [0.3, 0.4) is 0 Å². The summed E-state index contributed by atoms with van der Waals surface area (Å²) >= 11 is 0. The van der Waals surface area contributed by atoms with Crippen molar-refractivity contribution < 1.29 is 14.3 Å². The molecule has 126 valence electrons. The second kappa shape index (κ2) is 8.67. The zero-order chi connectivity index (χ0) is 17.4. The van der Waals surface area contributed by atoms with E-state index >= 15 is 0 Å². The normalized spacial score (nSPS) is 11.0. The lowest BCUT2D eigenvalue weighted by Gasteiger charge is -2.07. The maximum atomic E-state index is 11.6. The van der Waals surface area contributed by atoms with Gasteiger partial charge in [-0.25, -0.2) is 4.79 Å². The minimum atomic E-state index is -0.565. The Morgan fingerprint density at radius 1 is 1.29 bits per heavy atom. The summed E-state index contributed by atoms with van der Waals surface area (Å²) in [4.78, 5) is 23.0. The van der Waals surface area contributed by atoms with Crippen LogP contribution in [0.5, 0.6) is 0 Å². The molecular formula is C18H21N3O3. The molecule has 0 bridgehead atoms. The van der Waals surface area contributed by atoms with Gasteiger partial charge in [-0.05, 0) is 25.5 Å². The van der Waals surface area contributed by atoms with Crippen LogP contribution in [0.25, 0.3) is 6.08 Å². The fourth-order valence-electron chi connectivity index (χ4n) is 2.04. The van der Waals surface area contributed by atoms with Crippen LogP contribution in [0, 0.1) is 0 Å². The number of aromatic nitrogens is 2. The highest BCUT2D eigenvalue weighted by Crippen LogP contribution is 2.05. The van der Waals surface area contributed by atoms with Crippen molar-refractivity contribution in [2.75, 3.05) is 6.61 Å². The molecule has 6 nitrogen and oxygen atoms in total. The van der Waals surface area contributed by atoms with E-state index in [2.05, 4.69) is 10.4 Å². The molecule has 0 aliphatic heterocycles.